The second-order valence-corrected chi connectivity index (χ2v) is 4.71. The zero-order valence-electron chi connectivity index (χ0n) is 10.7. The molecule has 2 aromatic heterocycles. The molecule has 0 saturated carbocycles. The van der Waals surface area contributed by atoms with Crippen molar-refractivity contribution in [1.29, 1.82) is 0 Å². The van der Waals surface area contributed by atoms with Crippen molar-refractivity contribution in [3.8, 4) is 11.4 Å². The molecular weight excluding hydrogens is 238 g/mol. The smallest absolute Gasteiger partial charge is 0.148 e. The Hall–Kier alpha value is -2.01. The molecule has 3 rings (SSSR count). The van der Waals surface area contributed by atoms with Crippen LogP contribution in [0.2, 0.25) is 0 Å². The summed E-state index contributed by atoms with van der Waals surface area (Å²) in [5.41, 5.74) is 1.65. The van der Waals surface area contributed by atoms with Crippen molar-refractivity contribution in [2.24, 2.45) is 0 Å². The Labute approximate surface area is 112 Å². The monoisotopic (exact) mass is 255 g/mol. The van der Waals surface area contributed by atoms with Gasteiger partial charge in [-0.15, -0.1) is 10.2 Å². The lowest BCUT2D eigenvalue weighted by molar-refractivity contribution is 0.478. The van der Waals surface area contributed by atoms with E-state index in [1.54, 1.807) is 6.20 Å². The Morgan fingerprint density at radius 3 is 2.79 bits per heavy atom. The predicted octanol–water partition coefficient (Wildman–Crippen LogP) is 1.70. The van der Waals surface area contributed by atoms with Gasteiger partial charge in [-0.2, -0.15) is 0 Å². The van der Waals surface area contributed by atoms with Crippen LogP contribution in [0.3, 0.4) is 0 Å². The summed E-state index contributed by atoms with van der Waals surface area (Å²) < 4.78 is 0. The lowest BCUT2D eigenvalue weighted by Crippen LogP contribution is -2.38. The van der Waals surface area contributed by atoms with Crippen LogP contribution < -0.4 is 10.6 Å². The molecule has 0 aliphatic carbocycles. The number of pyridine rings is 1. The first kappa shape index (κ1) is 12.0. The summed E-state index contributed by atoms with van der Waals surface area (Å²) in [7, 11) is 0. The van der Waals surface area contributed by atoms with E-state index in [1.807, 2.05) is 30.3 Å². The normalized spacial score (nSPS) is 19.1. The minimum absolute atomic E-state index is 0.448. The zero-order valence-corrected chi connectivity index (χ0v) is 10.7. The average Bonchev–Trinajstić information content (AvgIpc) is 2.50. The third-order valence-electron chi connectivity index (χ3n) is 3.24. The SMILES string of the molecule is c1ccc(-c2ccc(NC3CCCNC3)nn2)nc1. The van der Waals surface area contributed by atoms with Crippen molar-refractivity contribution in [1.82, 2.24) is 20.5 Å². The molecule has 2 aromatic rings. The number of aromatic nitrogens is 3. The fourth-order valence-corrected chi connectivity index (χ4v) is 2.24. The van der Waals surface area contributed by atoms with Crippen molar-refractivity contribution < 1.29 is 0 Å². The van der Waals surface area contributed by atoms with E-state index in [4.69, 9.17) is 0 Å². The van der Waals surface area contributed by atoms with Crippen LogP contribution in [0.4, 0.5) is 5.82 Å². The Bertz CT molecular complexity index is 505. The van der Waals surface area contributed by atoms with Crippen molar-refractivity contribution in [3.05, 3.63) is 36.5 Å². The van der Waals surface area contributed by atoms with Crippen LogP contribution in [-0.4, -0.2) is 34.3 Å². The van der Waals surface area contributed by atoms with Gasteiger partial charge >= 0.3 is 0 Å². The van der Waals surface area contributed by atoms with E-state index >= 15 is 0 Å². The van der Waals surface area contributed by atoms with E-state index in [1.165, 1.54) is 12.8 Å². The first-order chi connectivity index (χ1) is 9.42. The van der Waals surface area contributed by atoms with Gasteiger partial charge < -0.3 is 10.6 Å². The average molecular weight is 255 g/mol. The summed E-state index contributed by atoms with van der Waals surface area (Å²) >= 11 is 0. The lowest BCUT2D eigenvalue weighted by atomic mass is 10.1. The molecule has 19 heavy (non-hydrogen) atoms. The van der Waals surface area contributed by atoms with Gasteiger partial charge in [-0.05, 0) is 43.7 Å². The first-order valence-corrected chi connectivity index (χ1v) is 6.64. The Morgan fingerprint density at radius 1 is 1.11 bits per heavy atom. The minimum atomic E-state index is 0.448. The van der Waals surface area contributed by atoms with Crippen molar-refractivity contribution in [3.63, 3.8) is 0 Å². The van der Waals surface area contributed by atoms with E-state index in [0.29, 0.717) is 6.04 Å². The number of hydrogen-bond acceptors (Lipinski definition) is 5. The molecule has 0 spiro atoms. The lowest BCUT2D eigenvalue weighted by Gasteiger charge is -2.23. The van der Waals surface area contributed by atoms with Crippen LogP contribution in [0, 0.1) is 0 Å². The van der Waals surface area contributed by atoms with Crippen LogP contribution in [0.15, 0.2) is 36.5 Å². The van der Waals surface area contributed by atoms with E-state index < -0.39 is 0 Å². The summed E-state index contributed by atoms with van der Waals surface area (Å²) in [5.74, 6) is 0.827. The number of hydrogen-bond donors (Lipinski definition) is 2. The quantitative estimate of drug-likeness (QED) is 0.874. The molecular formula is C14H17N5. The second-order valence-electron chi connectivity index (χ2n) is 4.71. The van der Waals surface area contributed by atoms with Gasteiger partial charge in [0.1, 0.15) is 11.5 Å². The molecule has 2 N–H and O–H groups in total. The molecule has 1 unspecified atom stereocenters. The second kappa shape index (κ2) is 5.75. The fourth-order valence-electron chi connectivity index (χ4n) is 2.24. The van der Waals surface area contributed by atoms with Crippen LogP contribution in [0.5, 0.6) is 0 Å². The highest BCUT2D eigenvalue weighted by Gasteiger charge is 2.13. The van der Waals surface area contributed by atoms with Gasteiger partial charge in [0.2, 0.25) is 0 Å². The molecule has 1 aliphatic rings. The van der Waals surface area contributed by atoms with Crippen LogP contribution in [0.25, 0.3) is 11.4 Å². The molecule has 98 valence electrons. The first-order valence-electron chi connectivity index (χ1n) is 6.64. The molecule has 0 bridgehead atoms. The Morgan fingerprint density at radius 2 is 2.11 bits per heavy atom. The maximum Gasteiger partial charge on any atom is 0.148 e. The maximum absolute atomic E-state index is 4.26. The highest BCUT2D eigenvalue weighted by atomic mass is 15.2. The number of anilines is 1. The highest BCUT2D eigenvalue weighted by molar-refractivity contribution is 5.54. The topological polar surface area (TPSA) is 62.7 Å². The fraction of sp³-hybridized carbons (Fsp3) is 0.357. The maximum atomic E-state index is 4.26. The van der Waals surface area contributed by atoms with Gasteiger partial charge in [0.25, 0.3) is 0 Å². The van der Waals surface area contributed by atoms with Gasteiger partial charge in [-0.1, -0.05) is 6.07 Å². The summed E-state index contributed by atoms with van der Waals surface area (Å²) in [6, 6.07) is 10.1. The third kappa shape index (κ3) is 3.06. The Kier molecular flexibility index (Phi) is 3.65. The van der Waals surface area contributed by atoms with Gasteiger partial charge in [0.05, 0.1) is 5.69 Å². The van der Waals surface area contributed by atoms with Crippen LogP contribution in [0.1, 0.15) is 12.8 Å². The van der Waals surface area contributed by atoms with Crippen molar-refractivity contribution >= 4 is 5.82 Å². The van der Waals surface area contributed by atoms with Crippen molar-refractivity contribution in [2.45, 2.75) is 18.9 Å². The molecule has 0 aromatic carbocycles. The van der Waals surface area contributed by atoms with Gasteiger partial charge in [0.15, 0.2) is 0 Å². The molecule has 3 heterocycles. The molecule has 5 nitrogen and oxygen atoms in total. The minimum Gasteiger partial charge on any atom is -0.365 e. The summed E-state index contributed by atoms with van der Waals surface area (Å²) in [6.45, 7) is 2.10. The molecule has 1 atom stereocenters. The summed E-state index contributed by atoms with van der Waals surface area (Å²) in [5, 5.41) is 15.2. The number of nitrogens with one attached hydrogen (secondary N) is 2. The van der Waals surface area contributed by atoms with Gasteiger partial charge in [-0.3, -0.25) is 4.98 Å². The molecule has 0 radical (unpaired) electrons. The molecule has 1 saturated heterocycles. The zero-order chi connectivity index (χ0) is 12.9. The molecule has 1 fully saturated rings. The third-order valence-corrected chi connectivity index (χ3v) is 3.24. The number of piperidine rings is 1. The highest BCUT2D eigenvalue weighted by Crippen LogP contribution is 2.15. The predicted molar refractivity (Wildman–Crippen MR) is 74.8 cm³/mol. The molecule has 1 aliphatic heterocycles. The van der Waals surface area contributed by atoms with E-state index in [9.17, 15) is 0 Å². The van der Waals surface area contributed by atoms with Crippen LogP contribution in [-0.2, 0) is 0 Å². The van der Waals surface area contributed by atoms with E-state index in [2.05, 4.69) is 25.8 Å². The summed E-state index contributed by atoms with van der Waals surface area (Å²) in [6.07, 6.45) is 4.14. The van der Waals surface area contributed by atoms with Crippen molar-refractivity contribution in [2.75, 3.05) is 18.4 Å². The van der Waals surface area contributed by atoms with Gasteiger partial charge in [-0.25, -0.2) is 0 Å². The summed E-state index contributed by atoms with van der Waals surface area (Å²) in [4.78, 5) is 4.26. The van der Waals surface area contributed by atoms with Crippen LogP contribution >= 0.6 is 0 Å². The van der Waals surface area contributed by atoms with E-state index in [-0.39, 0.29) is 0 Å². The van der Waals surface area contributed by atoms with E-state index in [0.717, 1.165) is 30.3 Å². The molecule has 0 amide bonds. The van der Waals surface area contributed by atoms with Gasteiger partial charge in [0, 0.05) is 18.8 Å². The Balaban J connectivity index is 1.68. The number of nitrogens with zero attached hydrogens (tertiary/aromatic N) is 3. The number of rotatable bonds is 3. The largest absolute Gasteiger partial charge is 0.365 e. The molecule has 5 heteroatoms. The standard InChI is InChI=1S/C14H17N5/c1-2-9-16-12(5-1)13-6-7-14(19-18-13)17-11-4-3-8-15-10-11/h1-2,5-7,9,11,15H,3-4,8,10H2,(H,17,19).